The molecule has 0 aromatic heterocycles. The first-order valence-corrected chi connectivity index (χ1v) is 8.92. The third kappa shape index (κ3) is 2.31. The van der Waals surface area contributed by atoms with E-state index in [-0.39, 0.29) is 7.92 Å². The van der Waals surface area contributed by atoms with Crippen molar-refractivity contribution in [2.75, 3.05) is 6.66 Å². The van der Waals surface area contributed by atoms with E-state index in [4.69, 9.17) is 0 Å². The Bertz CT molecular complexity index is 521. The molecular weight excluding hydrogens is 235 g/mol. The highest BCUT2D eigenvalue weighted by molar-refractivity contribution is 7.66. The maximum atomic E-state index is 2.49. The molecule has 1 aliphatic carbocycles. The van der Waals surface area contributed by atoms with E-state index in [1.54, 1.807) is 5.30 Å². The Hall–Kier alpha value is -0.870. The molecule has 0 nitrogen and oxygen atoms in total. The first kappa shape index (κ1) is 12.2. The molecule has 94 valence electrons. The summed E-state index contributed by atoms with van der Waals surface area (Å²) in [6, 6.07) is 15.7. The predicted molar refractivity (Wildman–Crippen MR) is 83.3 cm³/mol. The smallest absolute Gasteiger partial charge is 0.0107 e. The number of rotatable bonds is 2. The van der Waals surface area contributed by atoms with E-state index in [1.807, 2.05) is 0 Å². The first-order valence-electron chi connectivity index (χ1n) is 7.07. The fourth-order valence-corrected chi connectivity index (χ4v) is 5.62. The van der Waals surface area contributed by atoms with Crippen LogP contribution in [-0.4, -0.2) is 12.3 Å². The lowest BCUT2D eigenvalue weighted by Gasteiger charge is -2.29. The highest BCUT2D eigenvalue weighted by Crippen LogP contribution is 2.45. The van der Waals surface area contributed by atoms with Crippen LogP contribution < -0.4 is 5.30 Å². The second-order valence-electron chi connectivity index (χ2n) is 5.40. The quantitative estimate of drug-likeness (QED) is 0.670. The molecule has 1 heteroatoms. The van der Waals surface area contributed by atoms with E-state index >= 15 is 0 Å². The zero-order valence-electron chi connectivity index (χ0n) is 11.1. The van der Waals surface area contributed by atoms with Gasteiger partial charge in [-0.3, -0.25) is 0 Å². The highest BCUT2D eigenvalue weighted by atomic mass is 31.1. The van der Waals surface area contributed by atoms with Crippen LogP contribution in [0.1, 0.15) is 32.1 Å². The summed E-state index contributed by atoms with van der Waals surface area (Å²) in [5, 5.41) is 4.51. The molecule has 1 atom stereocenters. The van der Waals surface area contributed by atoms with Gasteiger partial charge in [0.15, 0.2) is 0 Å². The van der Waals surface area contributed by atoms with Gasteiger partial charge in [-0.1, -0.05) is 69.6 Å². The summed E-state index contributed by atoms with van der Waals surface area (Å²) in [5.74, 6) is 0. The molecular formula is C17H21P. The van der Waals surface area contributed by atoms with Crippen LogP contribution in [0.4, 0.5) is 0 Å². The molecule has 3 rings (SSSR count). The fourth-order valence-electron chi connectivity index (χ4n) is 3.18. The van der Waals surface area contributed by atoms with Crippen molar-refractivity contribution in [1.82, 2.24) is 0 Å². The molecule has 0 spiro atoms. The predicted octanol–water partition coefficient (Wildman–Crippen LogP) is 4.91. The van der Waals surface area contributed by atoms with Crippen LogP contribution in [-0.2, 0) is 0 Å². The van der Waals surface area contributed by atoms with Crippen molar-refractivity contribution < 1.29 is 0 Å². The molecule has 1 fully saturated rings. The zero-order valence-corrected chi connectivity index (χ0v) is 12.0. The summed E-state index contributed by atoms with van der Waals surface area (Å²) < 4.78 is 0. The Morgan fingerprint density at radius 1 is 0.889 bits per heavy atom. The Morgan fingerprint density at radius 3 is 2.44 bits per heavy atom. The van der Waals surface area contributed by atoms with Gasteiger partial charge in [0.2, 0.25) is 0 Å². The summed E-state index contributed by atoms with van der Waals surface area (Å²) in [7, 11) is 0.00637. The van der Waals surface area contributed by atoms with Gasteiger partial charge in [-0.2, -0.15) is 0 Å². The Labute approximate surface area is 111 Å². The number of hydrogen-bond acceptors (Lipinski definition) is 0. The molecule has 1 aliphatic rings. The minimum Gasteiger partial charge on any atom is -0.0746 e. The second kappa shape index (κ2) is 5.41. The van der Waals surface area contributed by atoms with Gasteiger partial charge in [-0.15, -0.1) is 0 Å². The average molecular weight is 256 g/mol. The second-order valence-corrected chi connectivity index (χ2v) is 7.83. The minimum absolute atomic E-state index is 0.00637. The van der Waals surface area contributed by atoms with Gasteiger partial charge < -0.3 is 0 Å². The molecule has 0 heterocycles. The third-order valence-corrected chi connectivity index (χ3v) is 7.03. The van der Waals surface area contributed by atoms with Crippen molar-refractivity contribution >= 4 is 24.0 Å². The molecule has 0 bridgehead atoms. The Morgan fingerprint density at radius 2 is 1.61 bits per heavy atom. The van der Waals surface area contributed by atoms with Gasteiger partial charge in [-0.05, 0) is 41.2 Å². The van der Waals surface area contributed by atoms with Crippen molar-refractivity contribution in [2.45, 2.75) is 37.8 Å². The van der Waals surface area contributed by atoms with E-state index < -0.39 is 0 Å². The lowest BCUT2D eigenvalue weighted by Crippen LogP contribution is -2.16. The molecule has 0 amide bonds. The Kier molecular flexibility index (Phi) is 3.66. The monoisotopic (exact) mass is 256 g/mol. The van der Waals surface area contributed by atoms with Crippen molar-refractivity contribution in [2.24, 2.45) is 0 Å². The van der Waals surface area contributed by atoms with Gasteiger partial charge in [0.1, 0.15) is 0 Å². The van der Waals surface area contributed by atoms with Crippen molar-refractivity contribution in [1.29, 1.82) is 0 Å². The van der Waals surface area contributed by atoms with Crippen LogP contribution in [0.25, 0.3) is 10.8 Å². The lowest BCUT2D eigenvalue weighted by molar-refractivity contribution is 0.512. The van der Waals surface area contributed by atoms with Crippen molar-refractivity contribution in [3.8, 4) is 0 Å². The van der Waals surface area contributed by atoms with Crippen LogP contribution in [0.2, 0.25) is 0 Å². The molecule has 18 heavy (non-hydrogen) atoms. The molecule has 2 aromatic rings. The molecule has 1 saturated carbocycles. The van der Waals surface area contributed by atoms with E-state index in [9.17, 15) is 0 Å². The van der Waals surface area contributed by atoms with Crippen molar-refractivity contribution in [3.63, 3.8) is 0 Å². The van der Waals surface area contributed by atoms with Crippen LogP contribution in [0.15, 0.2) is 42.5 Å². The number of benzene rings is 2. The summed E-state index contributed by atoms with van der Waals surface area (Å²) in [6.07, 6.45) is 7.25. The summed E-state index contributed by atoms with van der Waals surface area (Å²) in [6.45, 7) is 2.49. The van der Waals surface area contributed by atoms with Crippen LogP contribution >= 0.6 is 7.92 Å². The molecule has 2 aromatic carbocycles. The average Bonchev–Trinajstić information content (AvgIpc) is 2.47. The van der Waals surface area contributed by atoms with E-state index in [0.29, 0.717) is 0 Å². The number of hydrogen-bond donors (Lipinski definition) is 0. The van der Waals surface area contributed by atoms with Gasteiger partial charge in [0, 0.05) is 0 Å². The lowest BCUT2D eigenvalue weighted by atomic mass is 10.0. The SMILES string of the molecule is CP(c1cccc2ccccc12)C1CCCCC1. The van der Waals surface area contributed by atoms with Gasteiger partial charge in [-0.25, -0.2) is 0 Å². The third-order valence-electron chi connectivity index (χ3n) is 4.27. The topological polar surface area (TPSA) is 0 Å². The van der Waals surface area contributed by atoms with Crippen LogP contribution in [0.3, 0.4) is 0 Å². The van der Waals surface area contributed by atoms with Crippen LogP contribution in [0, 0.1) is 0 Å². The maximum Gasteiger partial charge on any atom is -0.0107 e. The van der Waals surface area contributed by atoms with Crippen molar-refractivity contribution in [3.05, 3.63) is 42.5 Å². The summed E-state index contributed by atoms with van der Waals surface area (Å²) >= 11 is 0. The highest BCUT2D eigenvalue weighted by Gasteiger charge is 2.21. The minimum atomic E-state index is 0.00637. The Balaban J connectivity index is 1.97. The van der Waals surface area contributed by atoms with Gasteiger partial charge in [0.25, 0.3) is 0 Å². The normalized spacial score (nSPS) is 18.9. The molecule has 0 N–H and O–H groups in total. The number of fused-ring (bicyclic) bond motifs is 1. The summed E-state index contributed by atoms with van der Waals surface area (Å²) in [4.78, 5) is 0. The maximum absolute atomic E-state index is 2.49. The van der Waals surface area contributed by atoms with E-state index in [1.165, 1.54) is 42.9 Å². The summed E-state index contributed by atoms with van der Waals surface area (Å²) in [5.41, 5.74) is 0.958. The zero-order chi connectivity index (χ0) is 12.4. The van der Waals surface area contributed by atoms with E-state index in [0.717, 1.165) is 5.66 Å². The molecule has 1 unspecified atom stereocenters. The molecule has 0 aliphatic heterocycles. The van der Waals surface area contributed by atoms with E-state index in [2.05, 4.69) is 49.1 Å². The van der Waals surface area contributed by atoms with Gasteiger partial charge in [0.05, 0.1) is 0 Å². The largest absolute Gasteiger partial charge is 0.0746 e. The van der Waals surface area contributed by atoms with Gasteiger partial charge >= 0.3 is 0 Å². The fraction of sp³-hybridized carbons (Fsp3) is 0.412. The first-order chi connectivity index (χ1) is 8.86. The van der Waals surface area contributed by atoms with Crippen LogP contribution in [0.5, 0.6) is 0 Å². The standard InChI is InChI=1S/C17H21P/c1-18(15-10-3-2-4-11-15)17-13-7-9-14-8-5-6-12-16(14)17/h5-9,12-13,15H,2-4,10-11H2,1H3. The molecule has 0 radical (unpaired) electrons. The molecule has 0 saturated heterocycles.